The largest absolute Gasteiger partial charge is 0.497 e. The third-order valence-corrected chi connectivity index (χ3v) is 6.18. The van der Waals surface area contributed by atoms with E-state index in [9.17, 15) is 8.42 Å². The van der Waals surface area contributed by atoms with Crippen molar-refractivity contribution in [2.45, 2.75) is 24.3 Å². The molecule has 26 heavy (non-hydrogen) atoms. The maximum Gasteiger partial charge on any atom is 0.262 e. The Balaban J connectivity index is 1.74. The summed E-state index contributed by atoms with van der Waals surface area (Å²) in [7, 11) is -0.370. The second kappa shape index (κ2) is 7.55. The number of sulfonamides is 1. The molecule has 1 N–H and O–H groups in total. The zero-order valence-corrected chi connectivity index (χ0v) is 16.0. The molecule has 1 aliphatic heterocycles. The van der Waals surface area contributed by atoms with Gasteiger partial charge in [0.2, 0.25) is 0 Å². The van der Waals surface area contributed by atoms with E-state index in [0.717, 1.165) is 25.2 Å². The van der Waals surface area contributed by atoms with E-state index in [0.29, 0.717) is 17.0 Å². The number of methoxy groups -OCH3 is 2. The Hall–Kier alpha value is -2.25. The van der Waals surface area contributed by atoms with E-state index >= 15 is 0 Å². The van der Waals surface area contributed by atoms with Crippen LogP contribution in [0.4, 0.5) is 11.4 Å². The van der Waals surface area contributed by atoms with E-state index in [1.807, 2.05) is 12.1 Å². The van der Waals surface area contributed by atoms with Gasteiger partial charge in [0.1, 0.15) is 5.75 Å². The molecular weight excluding hydrogens is 352 g/mol. The Labute approximate surface area is 154 Å². The van der Waals surface area contributed by atoms with Gasteiger partial charge in [0.05, 0.1) is 18.1 Å². The van der Waals surface area contributed by atoms with Crippen molar-refractivity contribution < 1.29 is 17.9 Å². The number of nitrogens with one attached hydrogen (secondary N) is 1. The quantitative estimate of drug-likeness (QED) is 0.839. The van der Waals surface area contributed by atoms with Gasteiger partial charge in [0.25, 0.3) is 10.0 Å². The predicted octanol–water partition coefficient (Wildman–Crippen LogP) is 3.03. The van der Waals surface area contributed by atoms with Crippen LogP contribution in [-0.2, 0) is 14.8 Å². The van der Waals surface area contributed by atoms with Crippen LogP contribution in [0, 0.1) is 6.92 Å². The topological polar surface area (TPSA) is 67.9 Å². The molecule has 1 aliphatic rings. The molecule has 1 unspecified atom stereocenters. The first kappa shape index (κ1) is 18.5. The van der Waals surface area contributed by atoms with Crippen LogP contribution in [0.5, 0.6) is 5.75 Å². The minimum absolute atomic E-state index is 0.241. The van der Waals surface area contributed by atoms with Crippen molar-refractivity contribution >= 4 is 21.4 Å². The molecule has 1 saturated heterocycles. The van der Waals surface area contributed by atoms with E-state index in [2.05, 4.69) is 9.62 Å². The maximum absolute atomic E-state index is 12.7. The highest BCUT2D eigenvalue weighted by Gasteiger charge is 2.22. The number of hydrogen-bond donors (Lipinski definition) is 1. The fourth-order valence-electron chi connectivity index (χ4n) is 3.16. The molecule has 2 aromatic carbocycles. The van der Waals surface area contributed by atoms with Crippen LogP contribution < -0.4 is 14.4 Å². The number of nitrogens with zero attached hydrogens (tertiary/aromatic N) is 1. The zero-order chi connectivity index (χ0) is 18.7. The van der Waals surface area contributed by atoms with E-state index in [1.165, 1.54) is 0 Å². The van der Waals surface area contributed by atoms with Gasteiger partial charge in [-0.25, -0.2) is 8.42 Å². The van der Waals surface area contributed by atoms with Gasteiger partial charge in [-0.05, 0) is 61.4 Å². The number of benzene rings is 2. The van der Waals surface area contributed by atoms with Crippen LogP contribution in [0.1, 0.15) is 12.0 Å². The van der Waals surface area contributed by atoms with Crippen molar-refractivity contribution in [1.29, 1.82) is 0 Å². The Morgan fingerprint density at radius 1 is 1.12 bits per heavy atom. The molecule has 1 fully saturated rings. The normalized spacial score (nSPS) is 17.3. The number of ether oxygens (including phenoxy) is 2. The molecule has 0 radical (unpaired) electrons. The van der Waals surface area contributed by atoms with Gasteiger partial charge in [0, 0.05) is 31.6 Å². The summed E-state index contributed by atoms with van der Waals surface area (Å²) in [5.74, 6) is 0.630. The van der Waals surface area contributed by atoms with Crippen molar-refractivity contribution in [1.82, 2.24) is 0 Å². The average molecular weight is 376 g/mol. The van der Waals surface area contributed by atoms with Crippen molar-refractivity contribution in [2.24, 2.45) is 0 Å². The monoisotopic (exact) mass is 376 g/mol. The molecule has 1 atom stereocenters. The highest BCUT2D eigenvalue weighted by Crippen LogP contribution is 2.26. The third kappa shape index (κ3) is 3.94. The van der Waals surface area contributed by atoms with Crippen LogP contribution in [0.3, 0.4) is 0 Å². The number of anilines is 2. The zero-order valence-electron chi connectivity index (χ0n) is 15.2. The first-order valence-corrected chi connectivity index (χ1v) is 9.96. The van der Waals surface area contributed by atoms with Gasteiger partial charge in [-0.1, -0.05) is 0 Å². The van der Waals surface area contributed by atoms with Crippen molar-refractivity contribution in [3.05, 3.63) is 48.0 Å². The van der Waals surface area contributed by atoms with Gasteiger partial charge < -0.3 is 14.4 Å². The lowest BCUT2D eigenvalue weighted by Crippen LogP contribution is -2.22. The van der Waals surface area contributed by atoms with E-state index in [-0.39, 0.29) is 11.0 Å². The standard InChI is InChI=1S/C19H24N2O4S/c1-14-12-17(24-2)8-9-19(14)26(22,23)20-15-4-6-16(7-5-15)21-11-10-18(13-21)25-3/h4-9,12,18,20H,10-11,13H2,1-3H3. The first-order valence-electron chi connectivity index (χ1n) is 8.48. The summed E-state index contributed by atoms with van der Waals surface area (Å²) in [4.78, 5) is 2.48. The highest BCUT2D eigenvalue weighted by molar-refractivity contribution is 7.92. The summed E-state index contributed by atoms with van der Waals surface area (Å²) in [6, 6.07) is 12.3. The Morgan fingerprint density at radius 3 is 2.42 bits per heavy atom. The van der Waals surface area contributed by atoms with Gasteiger partial charge in [-0.15, -0.1) is 0 Å². The van der Waals surface area contributed by atoms with Crippen molar-refractivity contribution in [2.75, 3.05) is 36.9 Å². The number of hydrogen-bond acceptors (Lipinski definition) is 5. The number of aryl methyl sites for hydroxylation is 1. The fourth-order valence-corrected chi connectivity index (χ4v) is 4.44. The summed E-state index contributed by atoms with van der Waals surface area (Å²) in [5, 5.41) is 0. The molecule has 6 nitrogen and oxygen atoms in total. The molecule has 2 aromatic rings. The van der Waals surface area contributed by atoms with Gasteiger partial charge >= 0.3 is 0 Å². The second-order valence-corrected chi connectivity index (χ2v) is 8.03. The molecular formula is C19H24N2O4S. The summed E-state index contributed by atoms with van der Waals surface area (Å²) in [6.45, 7) is 3.54. The second-order valence-electron chi connectivity index (χ2n) is 6.38. The lowest BCUT2D eigenvalue weighted by atomic mass is 10.2. The Morgan fingerprint density at radius 2 is 1.85 bits per heavy atom. The molecule has 3 rings (SSSR count). The molecule has 0 aromatic heterocycles. The Kier molecular flexibility index (Phi) is 5.38. The molecule has 140 valence electrons. The smallest absolute Gasteiger partial charge is 0.262 e. The van der Waals surface area contributed by atoms with Gasteiger partial charge in [-0.3, -0.25) is 4.72 Å². The van der Waals surface area contributed by atoms with Crippen LogP contribution >= 0.6 is 0 Å². The van der Waals surface area contributed by atoms with Crippen LogP contribution in [-0.4, -0.2) is 41.8 Å². The van der Waals surface area contributed by atoms with E-state index in [1.54, 1.807) is 51.5 Å². The minimum Gasteiger partial charge on any atom is -0.497 e. The fraction of sp³-hybridized carbons (Fsp3) is 0.368. The SMILES string of the molecule is COc1ccc(S(=O)(=O)Nc2ccc(N3CCC(OC)C3)cc2)c(C)c1. The van der Waals surface area contributed by atoms with Crippen LogP contribution in [0.15, 0.2) is 47.4 Å². The molecule has 0 bridgehead atoms. The van der Waals surface area contributed by atoms with Crippen molar-refractivity contribution in [3.63, 3.8) is 0 Å². The lowest BCUT2D eigenvalue weighted by Gasteiger charge is -2.19. The third-order valence-electron chi connectivity index (χ3n) is 4.63. The summed E-state index contributed by atoms with van der Waals surface area (Å²) in [6.07, 6.45) is 1.26. The first-order chi connectivity index (χ1) is 12.4. The van der Waals surface area contributed by atoms with E-state index in [4.69, 9.17) is 9.47 Å². The molecule has 0 spiro atoms. The van der Waals surface area contributed by atoms with Gasteiger partial charge in [0.15, 0.2) is 0 Å². The summed E-state index contributed by atoms with van der Waals surface area (Å²) < 4.78 is 38.5. The molecule has 0 aliphatic carbocycles. The molecule has 0 amide bonds. The Bertz CT molecular complexity index is 866. The molecule has 0 saturated carbocycles. The molecule has 1 heterocycles. The van der Waals surface area contributed by atoms with Crippen LogP contribution in [0.2, 0.25) is 0 Å². The summed E-state index contributed by atoms with van der Waals surface area (Å²) in [5.41, 5.74) is 2.23. The number of rotatable bonds is 6. The lowest BCUT2D eigenvalue weighted by molar-refractivity contribution is 0.121. The highest BCUT2D eigenvalue weighted by atomic mass is 32.2. The minimum atomic E-state index is -3.65. The van der Waals surface area contributed by atoms with Gasteiger partial charge in [-0.2, -0.15) is 0 Å². The summed E-state index contributed by atoms with van der Waals surface area (Å²) >= 11 is 0. The average Bonchev–Trinajstić information content (AvgIpc) is 3.11. The van der Waals surface area contributed by atoms with Crippen molar-refractivity contribution in [3.8, 4) is 5.75 Å². The predicted molar refractivity (Wildman–Crippen MR) is 103 cm³/mol. The van der Waals surface area contributed by atoms with Crippen LogP contribution in [0.25, 0.3) is 0 Å². The maximum atomic E-state index is 12.7. The van der Waals surface area contributed by atoms with E-state index < -0.39 is 10.0 Å². The molecule has 7 heteroatoms.